The van der Waals surface area contributed by atoms with Crippen molar-refractivity contribution in [2.45, 2.75) is 76.9 Å². The van der Waals surface area contributed by atoms with E-state index in [9.17, 15) is 37.5 Å². The van der Waals surface area contributed by atoms with E-state index >= 15 is 4.39 Å². The molecule has 0 spiro atoms. The second kappa shape index (κ2) is 10.3. The van der Waals surface area contributed by atoms with E-state index in [4.69, 9.17) is 9.72 Å². The van der Waals surface area contributed by atoms with Gasteiger partial charge in [-0.1, -0.05) is 6.92 Å². The van der Waals surface area contributed by atoms with Gasteiger partial charge in [-0.3, -0.25) is 14.4 Å². The predicted octanol–water partition coefficient (Wildman–Crippen LogP) is 3.43. The van der Waals surface area contributed by atoms with Gasteiger partial charge in [0.25, 0.3) is 5.56 Å². The van der Waals surface area contributed by atoms with E-state index in [0.29, 0.717) is 51.8 Å². The van der Waals surface area contributed by atoms with Crippen molar-refractivity contribution < 1.29 is 41.8 Å². The van der Waals surface area contributed by atoms with Crippen LogP contribution in [0, 0.1) is 18.7 Å². The zero-order chi connectivity index (χ0) is 32.9. The number of aromatic nitrogens is 2. The number of hydrogen-bond donors (Lipinski definition) is 2. The third-order valence-corrected chi connectivity index (χ3v) is 10.0. The topological polar surface area (TPSA) is 131 Å². The second-order valence-electron chi connectivity index (χ2n) is 12.6. The molecule has 10 nitrogen and oxygen atoms in total. The van der Waals surface area contributed by atoms with Gasteiger partial charge in [-0.15, -0.1) is 0 Å². The van der Waals surface area contributed by atoms with Crippen LogP contribution in [0.1, 0.15) is 72.0 Å². The average molecular weight is 643 g/mol. The summed E-state index contributed by atoms with van der Waals surface area (Å²) in [5, 5.41) is 14.9. The molecule has 3 atom stereocenters. The number of cyclic esters (lactones) is 1. The van der Waals surface area contributed by atoms with E-state index in [1.165, 1.54) is 10.6 Å². The molecule has 1 aliphatic carbocycles. The van der Waals surface area contributed by atoms with Gasteiger partial charge in [-0.25, -0.2) is 14.2 Å². The maximum absolute atomic E-state index is 15.1. The molecule has 2 amide bonds. The van der Waals surface area contributed by atoms with E-state index in [1.54, 1.807) is 19.9 Å². The number of halogens is 4. The summed E-state index contributed by atoms with van der Waals surface area (Å²) < 4.78 is 60.5. The highest BCUT2D eigenvalue weighted by molar-refractivity contribution is 5.94. The molecule has 5 heterocycles. The molecule has 1 aromatic carbocycles. The summed E-state index contributed by atoms with van der Waals surface area (Å²) in [4.78, 5) is 56.8. The first kappa shape index (κ1) is 30.3. The molecule has 0 radical (unpaired) electrons. The number of alkyl halides is 3. The van der Waals surface area contributed by atoms with Gasteiger partial charge in [0.2, 0.25) is 5.91 Å². The van der Waals surface area contributed by atoms with Crippen molar-refractivity contribution in [1.82, 2.24) is 19.8 Å². The molecule has 0 bridgehead atoms. The van der Waals surface area contributed by atoms with E-state index in [-0.39, 0.29) is 56.6 Å². The smallest absolute Gasteiger partial charge is 0.458 e. The van der Waals surface area contributed by atoms with Crippen LogP contribution < -0.4 is 10.9 Å². The van der Waals surface area contributed by atoms with Crippen LogP contribution in [0.4, 0.5) is 17.6 Å². The Hall–Kier alpha value is -4.33. The van der Waals surface area contributed by atoms with Crippen molar-refractivity contribution in [3.63, 3.8) is 0 Å². The molecule has 0 unspecified atom stereocenters. The number of aryl methyl sites for hydroxylation is 1. The molecular formula is C32H30F4N4O6. The molecule has 2 N–H and O–H groups in total. The molecule has 4 aliphatic rings. The maximum atomic E-state index is 15.1. The van der Waals surface area contributed by atoms with Gasteiger partial charge in [0, 0.05) is 42.1 Å². The number of nitrogens with zero attached hydrogens (tertiary/aromatic N) is 3. The minimum absolute atomic E-state index is 0.0317. The Morgan fingerprint density at radius 3 is 2.65 bits per heavy atom. The summed E-state index contributed by atoms with van der Waals surface area (Å²) in [5.74, 6) is -4.07. The van der Waals surface area contributed by atoms with Crippen molar-refractivity contribution in [3.05, 3.63) is 61.7 Å². The lowest BCUT2D eigenvalue weighted by Crippen LogP contribution is -2.44. The molecule has 7 rings (SSSR count). The Morgan fingerprint density at radius 2 is 1.93 bits per heavy atom. The van der Waals surface area contributed by atoms with Crippen molar-refractivity contribution in [2.24, 2.45) is 5.92 Å². The number of fused-ring (bicyclic) bond motifs is 5. The van der Waals surface area contributed by atoms with Gasteiger partial charge in [-0.05, 0) is 61.3 Å². The van der Waals surface area contributed by atoms with E-state index in [1.807, 2.05) is 0 Å². The molecule has 46 heavy (non-hydrogen) atoms. The van der Waals surface area contributed by atoms with Gasteiger partial charge >= 0.3 is 18.1 Å². The van der Waals surface area contributed by atoms with Gasteiger partial charge < -0.3 is 24.6 Å². The zero-order valence-corrected chi connectivity index (χ0v) is 25.0. The molecular weight excluding hydrogens is 612 g/mol. The average Bonchev–Trinajstić information content (AvgIpc) is 3.62. The van der Waals surface area contributed by atoms with Gasteiger partial charge in [0.15, 0.2) is 5.60 Å². The zero-order valence-electron chi connectivity index (χ0n) is 25.0. The monoisotopic (exact) mass is 642 g/mol. The normalized spacial score (nSPS) is 23.2. The number of esters is 1. The molecule has 1 saturated heterocycles. The largest absolute Gasteiger partial charge is 0.471 e. The summed E-state index contributed by atoms with van der Waals surface area (Å²) in [7, 11) is 0. The molecule has 14 heteroatoms. The first-order chi connectivity index (χ1) is 21.7. The lowest BCUT2D eigenvalue weighted by molar-refractivity contribution is -0.184. The summed E-state index contributed by atoms with van der Waals surface area (Å²) in [5.41, 5.74) is 1.36. The van der Waals surface area contributed by atoms with Crippen LogP contribution in [0.2, 0.25) is 0 Å². The number of aliphatic hydroxyl groups is 1. The number of hydrogen-bond acceptors (Lipinski definition) is 7. The Morgan fingerprint density at radius 1 is 1.17 bits per heavy atom. The summed E-state index contributed by atoms with van der Waals surface area (Å²) in [6.45, 7) is 2.79. The number of likely N-dealkylation sites (tertiary alicyclic amines) is 1. The van der Waals surface area contributed by atoms with Gasteiger partial charge in [-0.2, -0.15) is 13.2 Å². The fourth-order valence-corrected chi connectivity index (χ4v) is 7.58. The minimum Gasteiger partial charge on any atom is -0.458 e. The number of pyridine rings is 2. The van der Waals surface area contributed by atoms with E-state index in [0.717, 1.165) is 10.5 Å². The summed E-state index contributed by atoms with van der Waals surface area (Å²) in [6, 6.07) is 2.30. The van der Waals surface area contributed by atoms with E-state index < -0.39 is 52.9 Å². The van der Waals surface area contributed by atoms with Crippen LogP contribution in [0.25, 0.3) is 22.3 Å². The Balaban J connectivity index is 1.28. The molecule has 242 valence electrons. The van der Waals surface area contributed by atoms with Gasteiger partial charge in [0.1, 0.15) is 12.4 Å². The van der Waals surface area contributed by atoms with Crippen LogP contribution in [-0.2, 0) is 44.3 Å². The van der Waals surface area contributed by atoms with Gasteiger partial charge in [0.05, 0.1) is 35.1 Å². The first-order valence-corrected chi connectivity index (χ1v) is 15.2. The fraction of sp³-hybridized carbons (Fsp3) is 0.469. The number of rotatable bonds is 4. The second-order valence-corrected chi connectivity index (χ2v) is 12.6. The fourth-order valence-electron chi connectivity index (χ4n) is 7.58. The Kier molecular flexibility index (Phi) is 6.82. The highest BCUT2D eigenvalue weighted by Crippen LogP contribution is 2.46. The number of benzene rings is 1. The van der Waals surface area contributed by atoms with Crippen LogP contribution in [-0.4, -0.2) is 56.6 Å². The Labute approximate surface area is 259 Å². The molecule has 1 fully saturated rings. The third-order valence-electron chi connectivity index (χ3n) is 10.0. The summed E-state index contributed by atoms with van der Waals surface area (Å²) >= 11 is 0. The standard InChI is InChI=1S/C32H30F4N4O6/c1-3-31(45)19-9-23-27-17(12-40(23)28(42)18(19)13-46-30(31)44)26-21(5-4-16-14(2)20(33)10-22(38-27)25(16)26)37-24(41)8-15-6-7-39(11-15)29(43)32(34,35)36/h9-10,15,21,45H,3-8,11-13H2,1-2H3,(H,37,41)/t15-,21+,31+/m1/s1. The summed E-state index contributed by atoms with van der Waals surface area (Å²) in [6.07, 6.45) is -4.00. The number of carbonyl (C=O) groups excluding carboxylic acids is 3. The minimum atomic E-state index is -4.98. The molecule has 3 aromatic rings. The highest BCUT2D eigenvalue weighted by Gasteiger charge is 2.47. The molecule has 3 aliphatic heterocycles. The third kappa shape index (κ3) is 4.43. The highest BCUT2D eigenvalue weighted by atomic mass is 19.4. The number of amides is 2. The van der Waals surface area contributed by atoms with Crippen molar-refractivity contribution in [1.29, 1.82) is 0 Å². The van der Waals surface area contributed by atoms with Crippen molar-refractivity contribution in [3.8, 4) is 11.4 Å². The van der Waals surface area contributed by atoms with Crippen LogP contribution >= 0.6 is 0 Å². The van der Waals surface area contributed by atoms with Crippen LogP contribution in [0.3, 0.4) is 0 Å². The predicted molar refractivity (Wildman–Crippen MR) is 154 cm³/mol. The SMILES string of the molecule is CC[C@@]1(O)C(=O)OCc2c1cc1n(c2=O)Cc2c-1nc1cc(F)c(C)c3c1c2[C@@H](NC(=O)C[C@H]1CCN(C(=O)C(F)(F)F)C1)CC3. The molecule has 2 aromatic heterocycles. The van der Waals surface area contributed by atoms with Crippen LogP contribution in [0.5, 0.6) is 0 Å². The lowest BCUT2D eigenvalue weighted by Gasteiger charge is -2.31. The first-order valence-electron chi connectivity index (χ1n) is 15.2. The van der Waals surface area contributed by atoms with Crippen LogP contribution in [0.15, 0.2) is 16.9 Å². The number of carbonyl (C=O) groups is 3. The lowest BCUT2D eigenvalue weighted by atomic mass is 9.81. The van der Waals surface area contributed by atoms with Crippen molar-refractivity contribution >= 4 is 28.7 Å². The number of ether oxygens (including phenoxy) is 1. The number of nitrogens with one attached hydrogen (secondary N) is 1. The quantitative estimate of drug-likeness (QED) is 0.258. The van der Waals surface area contributed by atoms with E-state index in [2.05, 4.69) is 5.32 Å². The van der Waals surface area contributed by atoms with Crippen molar-refractivity contribution in [2.75, 3.05) is 13.1 Å². The maximum Gasteiger partial charge on any atom is 0.471 e. The molecule has 0 saturated carbocycles. The Bertz CT molecular complexity index is 1940.